The molecule has 1 N–H and O–H groups in total. The zero-order valence-electron chi connectivity index (χ0n) is 11.7. The minimum atomic E-state index is 0.526. The van der Waals surface area contributed by atoms with Gasteiger partial charge in [-0.15, -0.1) is 0 Å². The first kappa shape index (κ1) is 12.4. The van der Waals surface area contributed by atoms with Crippen LogP contribution in [0.5, 0.6) is 0 Å². The van der Waals surface area contributed by atoms with Crippen molar-refractivity contribution in [3.63, 3.8) is 0 Å². The molecule has 1 unspecified atom stereocenters. The molecule has 19 heavy (non-hydrogen) atoms. The average molecular weight is 259 g/mol. The lowest BCUT2D eigenvalue weighted by atomic mass is 9.96. The molecule has 0 amide bonds. The minimum Gasteiger partial charge on any atom is -0.372 e. The number of aromatic nitrogens is 2. The molecule has 1 aromatic heterocycles. The fourth-order valence-corrected chi connectivity index (χ4v) is 2.91. The van der Waals surface area contributed by atoms with Crippen molar-refractivity contribution in [1.29, 1.82) is 0 Å². The van der Waals surface area contributed by atoms with Gasteiger partial charge in [0, 0.05) is 31.7 Å². The average Bonchev–Trinajstić information content (AvgIpc) is 2.96. The Labute approximate surface area is 114 Å². The number of aryl methyl sites for hydroxylation is 2. The van der Waals surface area contributed by atoms with Gasteiger partial charge in [-0.1, -0.05) is 0 Å². The lowest BCUT2D eigenvalue weighted by molar-refractivity contribution is 0.496. The maximum Gasteiger partial charge on any atom is 0.150 e. The van der Waals surface area contributed by atoms with Crippen molar-refractivity contribution in [3.8, 4) is 0 Å². The summed E-state index contributed by atoms with van der Waals surface area (Å²) in [7, 11) is 0. The van der Waals surface area contributed by atoms with E-state index in [9.17, 15) is 0 Å². The second kappa shape index (κ2) is 5.15. The first-order valence-corrected chi connectivity index (χ1v) is 7.07. The van der Waals surface area contributed by atoms with Crippen molar-refractivity contribution in [2.45, 2.75) is 26.7 Å². The molecule has 1 aromatic rings. The largest absolute Gasteiger partial charge is 0.372 e. The van der Waals surface area contributed by atoms with Crippen molar-refractivity contribution in [1.82, 2.24) is 15.3 Å². The van der Waals surface area contributed by atoms with E-state index in [1.807, 2.05) is 20.0 Å². The van der Waals surface area contributed by atoms with Gasteiger partial charge in [0.05, 0.1) is 17.9 Å². The normalized spacial score (nSPS) is 23.2. The SMILES string of the molecule is Cc1cnc(C)c(N2CCCC(C3=NCCN3)C2)n1. The van der Waals surface area contributed by atoms with Crippen LogP contribution in [0.25, 0.3) is 0 Å². The van der Waals surface area contributed by atoms with Crippen LogP contribution in [0.3, 0.4) is 0 Å². The smallest absolute Gasteiger partial charge is 0.150 e. The molecule has 0 saturated carbocycles. The van der Waals surface area contributed by atoms with E-state index >= 15 is 0 Å². The predicted octanol–water partition coefficient (Wildman–Crippen LogP) is 1.31. The fourth-order valence-electron chi connectivity index (χ4n) is 2.91. The minimum absolute atomic E-state index is 0.526. The lowest BCUT2D eigenvalue weighted by Crippen LogP contribution is -2.42. The van der Waals surface area contributed by atoms with Gasteiger partial charge in [0.15, 0.2) is 0 Å². The molecule has 2 aliphatic rings. The van der Waals surface area contributed by atoms with E-state index < -0.39 is 0 Å². The predicted molar refractivity (Wildman–Crippen MR) is 76.7 cm³/mol. The van der Waals surface area contributed by atoms with Gasteiger partial charge in [0.1, 0.15) is 11.7 Å². The monoisotopic (exact) mass is 259 g/mol. The zero-order valence-corrected chi connectivity index (χ0v) is 11.7. The second-order valence-electron chi connectivity index (χ2n) is 5.40. The van der Waals surface area contributed by atoms with Gasteiger partial charge >= 0.3 is 0 Å². The highest BCUT2D eigenvalue weighted by Gasteiger charge is 2.27. The highest BCUT2D eigenvalue weighted by molar-refractivity contribution is 5.86. The van der Waals surface area contributed by atoms with E-state index in [1.54, 1.807) is 0 Å². The molecular formula is C14H21N5. The van der Waals surface area contributed by atoms with Crippen LogP contribution in [-0.4, -0.2) is 42.0 Å². The molecule has 0 radical (unpaired) electrons. The standard InChI is InChI=1S/C14H21N5/c1-10-8-17-11(2)14(18-10)19-7-3-4-12(9-19)13-15-5-6-16-13/h8,12H,3-7,9H2,1-2H3,(H,15,16). The summed E-state index contributed by atoms with van der Waals surface area (Å²) in [5.41, 5.74) is 2.01. The molecule has 0 bridgehead atoms. The Morgan fingerprint density at radius 3 is 3.05 bits per heavy atom. The van der Waals surface area contributed by atoms with Crippen LogP contribution in [0.2, 0.25) is 0 Å². The van der Waals surface area contributed by atoms with E-state index in [-0.39, 0.29) is 0 Å². The molecule has 0 aliphatic carbocycles. The Kier molecular flexibility index (Phi) is 3.36. The van der Waals surface area contributed by atoms with Crippen LogP contribution in [0.4, 0.5) is 5.82 Å². The highest BCUT2D eigenvalue weighted by atomic mass is 15.2. The molecule has 2 aliphatic heterocycles. The third-order valence-corrected chi connectivity index (χ3v) is 3.86. The fraction of sp³-hybridized carbons (Fsp3) is 0.643. The number of aliphatic imine (C=N–C) groups is 1. The maximum atomic E-state index is 4.66. The number of nitrogens with one attached hydrogen (secondary N) is 1. The molecule has 1 saturated heterocycles. The third-order valence-electron chi connectivity index (χ3n) is 3.86. The number of nitrogens with zero attached hydrogens (tertiary/aromatic N) is 4. The summed E-state index contributed by atoms with van der Waals surface area (Å²) < 4.78 is 0. The van der Waals surface area contributed by atoms with Crippen molar-refractivity contribution >= 4 is 11.7 Å². The van der Waals surface area contributed by atoms with Crippen molar-refractivity contribution in [2.75, 3.05) is 31.1 Å². The third kappa shape index (κ3) is 2.55. The summed E-state index contributed by atoms with van der Waals surface area (Å²) in [5.74, 6) is 2.77. The van der Waals surface area contributed by atoms with E-state index in [0.29, 0.717) is 5.92 Å². The molecular weight excluding hydrogens is 238 g/mol. The van der Waals surface area contributed by atoms with Gasteiger partial charge in [-0.05, 0) is 26.7 Å². The van der Waals surface area contributed by atoms with Crippen LogP contribution in [0, 0.1) is 19.8 Å². The van der Waals surface area contributed by atoms with Crippen LogP contribution in [0.15, 0.2) is 11.2 Å². The molecule has 5 nitrogen and oxygen atoms in total. The van der Waals surface area contributed by atoms with Crippen LogP contribution in [-0.2, 0) is 0 Å². The summed E-state index contributed by atoms with van der Waals surface area (Å²) in [6.45, 7) is 8.04. The Morgan fingerprint density at radius 1 is 1.37 bits per heavy atom. The summed E-state index contributed by atoms with van der Waals surface area (Å²) in [6.07, 6.45) is 4.25. The van der Waals surface area contributed by atoms with Gasteiger partial charge in [-0.3, -0.25) is 9.98 Å². The number of hydrogen-bond acceptors (Lipinski definition) is 5. The first-order chi connectivity index (χ1) is 9.24. The Morgan fingerprint density at radius 2 is 2.26 bits per heavy atom. The molecule has 0 aromatic carbocycles. The number of piperidine rings is 1. The van der Waals surface area contributed by atoms with Crippen molar-refractivity contribution in [2.24, 2.45) is 10.9 Å². The molecule has 3 rings (SSSR count). The van der Waals surface area contributed by atoms with Gasteiger partial charge < -0.3 is 10.2 Å². The Hall–Kier alpha value is -1.65. The summed E-state index contributed by atoms with van der Waals surface area (Å²) >= 11 is 0. The van der Waals surface area contributed by atoms with Gasteiger partial charge in [0.2, 0.25) is 0 Å². The number of amidine groups is 1. The molecule has 102 valence electrons. The zero-order chi connectivity index (χ0) is 13.2. The molecule has 3 heterocycles. The quantitative estimate of drug-likeness (QED) is 0.870. The van der Waals surface area contributed by atoms with Gasteiger partial charge in [-0.2, -0.15) is 0 Å². The number of anilines is 1. The maximum absolute atomic E-state index is 4.66. The van der Waals surface area contributed by atoms with E-state index in [0.717, 1.165) is 43.4 Å². The summed E-state index contributed by atoms with van der Waals surface area (Å²) in [6, 6.07) is 0. The van der Waals surface area contributed by atoms with Crippen LogP contribution < -0.4 is 10.2 Å². The van der Waals surface area contributed by atoms with E-state index in [2.05, 4.69) is 25.2 Å². The topological polar surface area (TPSA) is 53.4 Å². The number of rotatable bonds is 2. The Bertz CT molecular complexity index is 497. The van der Waals surface area contributed by atoms with E-state index in [1.165, 1.54) is 18.7 Å². The summed E-state index contributed by atoms with van der Waals surface area (Å²) in [4.78, 5) is 16.0. The Balaban J connectivity index is 1.79. The van der Waals surface area contributed by atoms with Gasteiger partial charge in [-0.25, -0.2) is 4.98 Å². The van der Waals surface area contributed by atoms with Gasteiger partial charge in [0.25, 0.3) is 0 Å². The molecule has 1 fully saturated rings. The van der Waals surface area contributed by atoms with Crippen molar-refractivity contribution < 1.29 is 0 Å². The number of hydrogen-bond donors (Lipinski definition) is 1. The molecule has 1 atom stereocenters. The van der Waals surface area contributed by atoms with Crippen molar-refractivity contribution in [3.05, 3.63) is 17.6 Å². The molecule has 5 heteroatoms. The molecule has 0 spiro atoms. The second-order valence-corrected chi connectivity index (χ2v) is 5.40. The first-order valence-electron chi connectivity index (χ1n) is 7.07. The van der Waals surface area contributed by atoms with Crippen LogP contribution >= 0.6 is 0 Å². The summed E-state index contributed by atoms with van der Waals surface area (Å²) in [5, 5.41) is 3.41. The van der Waals surface area contributed by atoms with E-state index in [4.69, 9.17) is 0 Å². The lowest BCUT2D eigenvalue weighted by Gasteiger charge is -2.34. The highest BCUT2D eigenvalue weighted by Crippen LogP contribution is 2.24. The van der Waals surface area contributed by atoms with Crippen LogP contribution in [0.1, 0.15) is 24.2 Å².